The molecule has 0 saturated carbocycles. The lowest BCUT2D eigenvalue weighted by atomic mass is 10.1. The van der Waals surface area contributed by atoms with Crippen LogP contribution in [-0.4, -0.2) is 38.1 Å². The number of hydrogen-bond donors (Lipinski definition) is 0. The van der Waals surface area contributed by atoms with Gasteiger partial charge in [-0.05, 0) is 44.1 Å². The van der Waals surface area contributed by atoms with Crippen LogP contribution in [0.25, 0.3) is 0 Å². The zero-order valence-corrected chi connectivity index (χ0v) is 12.5. The molecule has 1 aromatic rings. The first kappa shape index (κ1) is 13.7. The molecule has 1 aliphatic rings. The molecule has 1 heterocycles. The van der Waals surface area contributed by atoms with Gasteiger partial charge in [0.2, 0.25) is 0 Å². The van der Waals surface area contributed by atoms with Crippen LogP contribution in [0.5, 0.6) is 0 Å². The Labute approximate surface area is 116 Å². The van der Waals surface area contributed by atoms with Crippen LogP contribution in [0.1, 0.15) is 18.1 Å². The molecule has 0 aliphatic carbocycles. The van der Waals surface area contributed by atoms with Crippen LogP contribution >= 0.6 is 11.6 Å². The van der Waals surface area contributed by atoms with Crippen LogP contribution in [0.3, 0.4) is 0 Å². The van der Waals surface area contributed by atoms with Crippen LogP contribution in [0.15, 0.2) is 18.2 Å². The largest absolute Gasteiger partial charge is 0.369 e. The minimum atomic E-state index is 0.595. The summed E-state index contributed by atoms with van der Waals surface area (Å²) in [6.45, 7) is 6.78. The number of benzene rings is 1. The summed E-state index contributed by atoms with van der Waals surface area (Å²) in [5.41, 5.74) is 3.90. The van der Waals surface area contributed by atoms with Gasteiger partial charge in [0.05, 0.1) is 0 Å². The van der Waals surface area contributed by atoms with Crippen molar-refractivity contribution >= 4 is 17.3 Å². The normalized spacial score (nSPS) is 24.0. The molecule has 0 radical (unpaired) electrons. The Bertz CT molecular complexity index is 417. The molecule has 0 aromatic heterocycles. The highest BCUT2D eigenvalue weighted by molar-refractivity contribution is 6.17. The lowest BCUT2D eigenvalue weighted by molar-refractivity contribution is 0.266. The van der Waals surface area contributed by atoms with Gasteiger partial charge in [-0.15, -0.1) is 11.6 Å². The molecule has 18 heavy (non-hydrogen) atoms. The van der Waals surface area contributed by atoms with E-state index >= 15 is 0 Å². The first-order chi connectivity index (χ1) is 8.52. The maximum Gasteiger partial charge on any atom is 0.0474 e. The van der Waals surface area contributed by atoms with E-state index in [2.05, 4.69) is 55.9 Å². The molecule has 0 amide bonds. The zero-order chi connectivity index (χ0) is 13.3. The highest BCUT2D eigenvalue weighted by Crippen LogP contribution is 2.29. The van der Waals surface area contributed by atoms with E-state index in [1.54, 1.807) is 0 Å². The molecule has 2 atom stereocenters. The molecular weight excluding hydrogens is 244 g/mol. The van der Waals surface area contributed by atoms with Gasteiger partial charge in [0, 0.05) is 30.7 Å². The topological polar surface area (TPSA) is 6.48 Å². The molecule has 0 bridgehead atoms. The second-order valence-corrected chi connectivity index (χ2v) is 5.93. The predicted molar refractivity (Wildman–Crippen MR) is 79.6 cm³/mol. The van der Waals surface area contributed by atoms with Crippen LogP contribution in [-0.2, 0) is 5.88 Å². The smallest absolute Gasteiger partial charge is 0.0474 e. The number of alkyl halides is 1. The van der Waals surface area contributed by atoms with Crippen molar-refractivity contribution in [2.75, 3.05) is 32.1 Å². The summed E-state index contributed by atoms with van der Waals surface area (Å²) in [5.74, 6) is 1.31. The summed E-state index contributed by atoms with van der Waals surface area (Å²) in [6, 6.07) is 7.22. The summed E-state index contributed by atoms with van der Waals surface area (Å²) >= 11 is 5.88. The third-order valence-corrected chi connectivity index (χ3v) is 4.30. The first-order valence-electron chi connectivity index (χ1n) is 6.59. The third-order valence-electron chi connectivity index (χ3n) is 3.99. The number of rotatable bonds is 3. The maximum atomic E-state index is 5.88. The van der Waals surface area contributed by atoms with E-state index in [1.165, 1.54) is 16.8 Å². The molecule has 3 heteroatoms. The van der Waals surface area contributed by atoms with Gasteiger partial charge >= 0.3 is 0 Å². The van der Waals surface area contributed by atoms with Gasteiger partial charge in [-0.2, -0.15) is 0 Å². The number of halogens is 1. The summed E-state index contributed by atoms with van der Waals surface area (Å²) in [4.78, 5) is 4.84. The molecule has 2 unspecified atom stereocenters. The Morgan fingerprint density at radius 3 is 2.56 bits per heavy atom. The molecule has 0 spiro atoms. The Balaban J connectivity index is 2.18. The average molecular weight is 267 g/mol. The fourth-order valence-corrected chi connectivity index (χ4v) is 3.14. The first-order valence-corrected chi connectivity index (χ1v) is 7.13. The van der Waals surface area contributed by atoms with Crippen molar-refractivity contribution in [3.63, 3.8) is 0 Å². The van der Waals surface area contributed by atoms with Gasteiger partial charge in [-0.1, -0.05) is 19.1 Å². The summed E-state index contributed by atoms with van der Waals surface area (Å²) in [7, 11) is 4.35. The van der Waals surface area contributed by atoms with E-state index in [0.717, 1.165) is 13.1 Å². The number of likely N-dealkylation sites (N-methyl/N-ethyl adjacent to an activating group) is 1. The van der Waals surface area contributed by atoms with Crippen LogP contribution in [0, 0.1) is 12.8 Å². The van der Waals surface area contributed by atoms with Gasteiger partial charge in [0.15, 0.2) is 0 Å². The number of anilines is 1. The average Bonchev–Trinajstić information content (AvgIpc) is 2.71. The SMILES string of the molecule is Cc1cc(CCl)ccc1N1CC(C)C(N(C)C)C1. The van der Waals surface area contributed by atoms with Gasteiger partial charge in [-0.25, -0.2) is 0 Å². The van der Waals surface area contributed by atoms with Crippen molar-refractivity contribution in [3.05, 3.63) is 29.3 Å². The van der Waals surface area contributed by atoms with Crippen molar-refractivity contribution in [2.24, 2.45) is 5.92 Å². The van der Waals surface area contributed by atoms with Crippen molar-refractivity contribution in [2.45, 2.75) is 25.8 Å². The standard InChI is InChI=1S/C15H23ClN2/c1-11-7-13(8-16)5-6-14(11)18-9-12(2)15(10-18)17(3)4/h5-7,12,15H,8-10H2,1-4H3. The summed E-state index contributed by atoms with van der Waals surface area (Å²) in [5, 5.41) is 0. The van der Waals surface area contributed by atoms with Crippen molar-refractivity contribution < 1.29 is 0 Å². The van der Waals surface area contributed by atoms with Crippen LogP contribution in [0.2, 0.25) is 0 Å². The van der Waals surface area contributed by atoms with E-state index in [9.17, 15) is 0 Å². The lowest BCUT2D eigenvalue weighted by Gasteiger charge is -2.24. The van der Waals surface area contributed by atoms with Gasteiger partial charge in [-0.3, -0.25) is 0 Å². The lowest BCUT2D eigenvalue weighted by Crippen LogP contribution is -2.34. The monoisotopic (exact) mass is 266 g/mol. The quantitative estimate of drug-likeness (QED) is 0.776. The fourth-order valence-electron chi connectivity index (χ4n) is 2.97. The van der Waals surface area contributed by atoms with Gasteiger partial charge in [0.25, 0.3) is 0 Å². The van der Waals surface area contributed by atoms with E-state index in [-0.39, 0.29) is 0 Å². The second-order valence-electron chi connectivity index (χ2n) is 5.67. The molecule has 1 saturated heterocycles. The minimum Gasteiger partial charge on any atom is -0.369 e. The molecule has 1 aromatic carbocycles. The van der Waals surface area contributed by atoms with E-state index in [1.807, 2.05) is 0 Å². The van der Waals surface area contributed by atoms with Gasteiger partial charge < -0.3 is 9.80 Å². The predicted octanol–water partition coefficient (Wildman–Crippen LogP) is 3.12. The van der Waals surface area contributed by atoms with E-state index in [4.69, 9.17) is 11.6 Å². The van der Waals surface area contributed by atoms with Crippen molar-refractivity contribution in [3.8, 4) is 0 Å². The Morgan fingerprint density at radius 2 is 2.06 bits per heavy atom. The molecule has 100 valence electrons. The second kappa shape index (κ2) is 5.50. The molecule has 2 nitrogen and oxygen atoms in total. The number of nitrogens with zero attached hydrogens (tertiary/aromatic N) is 2. The molecule has 1 fully saturated rings. The highest BCUT2D eigenvalue weighted by Gasteiger charge is 2.31. The summed E-state index contributed by atoms with van der Waals surface area (Å²) < 4.78 is 0. The summed E-state index contributed by atoms with van der Waals surface area (Å²) in [6.07, 6.45) is 0. The van der Waals surface area contributed by atoms with Crippen LogP contribution < -0.4 is 4.90 Å². The van der Waals surface area contributed by atoms with Gasteiger partial charge in [0.1, 0.15) is 0 Å². The molecule has 0 N–H and O–H groups in total. The Kier molecular flexibility index (Phi) is 4.18. The molecular formula is C15H23ClN2. The number of hydrogen-bond acceptors (Lipinski definition) is 2. The maximum absolute atomic E-state index is 5.88. The van der Waals surface area contributed by atoms with Crippen molar-refractivity contribution in [1.29, 1.82) is 0 Å². The highest BCUT2D eigenvalue weighted by atomic mass is 35.5. The van der Waals surface area contributed by atoms with E-state index in [0.29, 0.717) is 17.8 Å². The third kappa shape index (κ3) is 2.65. The minimum absolute atomic E-state index is 0.595. The fraction of sp³-hybridized carbons (Fsp3) is 0.600. The molecule has 1 aliphatic heterocycles. The zero-order valence-electron chi connectivity index (χ0n) is 11.8. The Morgan fingerprint density at radius 1 is 1.33 bits per heavy atom. The van der Waals surface area contributed by atoms with E-state index < -0.39 is 0 Å². The van der Waals surface area contributed by atoms with Crippen LogP contribution in [0.4, 0.5) is 5.69 Å². The molecule has 2 rings (SSSR count). The number of aryl methyl sites for hydroxylation is 1. The Hall–Kier alpha value is -0.730. The van der Waals surface area contributed by atoms with Crippen molar-refractivity contribution in [1.82, 2.24) is 4.90 Å².